The molecule has 41 heavy (non-hydrogen) atoms. The molecule has 0 radical (unpaired) electrons. The van der Waals surface area contributed by atoms with Crippen molar-refractivity contribution in [1.82, 2.24) is 20.0 Å². The van der Waals surface area contributed by atoms with Crippen LogP contribution in [0.15, 0.2) is 78.9 Å². The Labute approximate surface area is 242 Å². The van der Waals surface area contributed by atoms with Crippen molar-refractivity contribution < 1.29 is 14.4 Å². The molecule has 5 rings (SSSR count). The smallest absolute Gasteiger partial charge is 0.243 e. The zero-order chi connectivity index (χ0) is 28.8. The molecule has 2 saturated heterocycles. The maximum absolute atomic E-state index is 13.5. The molecule has 2 fully saturated rings. The van der Waals surface area contributed by atoms with Gasteiger partial charge in [-0.05, 0) is 36.6 Å². The molecule has 0 saturated carbocycles. The summed E-state index contributed by atoms with van der Waals surface area (Å²) in [6.45, 7) is 8.11. The summed E-state index contributed by atoms with van der Waals surface area (Å²) >= 11 is 0. The third kappa shape index (κ3) is 7.01. The first-order valence-corrected chi connectivity index (χ1v) is 14.4. The van der Waals surface area contributed by atoms with E-state index >= 15 is 0 Å². The SMILES string of the molecule is Cc1ccc(NC(=O)CC2C(=O)NCCN2C(=O)CN2CCN(C(c3ccccc3)c3ccccc3)CC2)c(C)c1. The highest BCUT2D eigenvalue weighted by Crippen LogP contribution is 2.29. The largest absolute Gasteiger partial charge is 0.353 e. The summed E-state index contributed by atoms with van der Waals surface area (Å²) in [4.78, 5) is 45.4. The lowest BCUT2D eigenvalue weighted by molar-refractivity contribution is -0.145. The first-order valence-electron chi connectivity index (χ1n) is 14.4. The van der Waals surface area contributed by atoms with Gasteiger partial charge in [-0.2, -0.15) is 0 Å². The average Bonchev–Trinajstić information content (AvgIpc) is 2.98. The lowest BCUT2D eigenvalue weighted by atomic mass is 9.96. The highest BCUT2D eigenvalue weighted by atomic mass is 16.2. The van der Waals surface area contributed by atoms with Crippen LogP contribution in [0, 0.1) is 13.8 Å². The van der Waals surface area contributed by atoms with Crippen molar-refractivity contribution in [3.8, 4) is 0 Å². The van der Waals surface area contributed by atoms with Crippen LogP contribution in [0.1, 0.15) is 34.7 Å². The molecule has 0 bridgehead atoms. The molecule has 3 aromatic carbocycles. The first kappa shape index (κ1) is 28.5. The number of nitrogens with one attached hydrogen (secondary N) is 2. The number of piperazine rings is 2. The average molecular weight is 554 g/mol. The second-order valence-corrected chi connectivity index (χ2v) is 11.0. The van der Waals surface area contributed by atoms with Crippen molar-refractivity contribution in [3.05, 3.63) is 101 Å². The normalized spacial score (nSPS) is 18.3. The number of amides is 3. The molecule has 2 N–H and O–H groups in total. The number of aryl methyl sites for hydroxylation is 2. The maximum Gasteiger partial charge on any atom is 0.243 e. The van der Waals surface area contributed by atoms with Crippen LogP contribution < -0.4 is 10.6 Å². The number of benzene rings is 3. The Morgan fingerprint density at radius 2 is 1.51 bits per heavy atom. The van der Waals surface area contributed by atoms with E-state index in [2.05, 4.69) is 69.0 Å². The number of hydrogen-bond acceptors (Lipinski definition) is 5. The third-order valence-corrected chi connectivity index (χ3v) is 8.05. The summed E-state index contributed by atoms with van der Waals surface area (Å²) in [7, 11) is 0. The fraction of sp³-hybridized carbons (Fsp3) is 0.364. The highest BCUT2D eigenvalue weighted by molar-refractivity contribution is 5.98. The number of carbonyl (C=O) groups excluding carboxylic acids is 3. The lowest BCUT2D eigenvalue weighted by Crippen LogP contribution is -2.60. The number of nitrogens with zero attached hydrogens (tertiary/aromatic N) is 3. The van der Waals surface area contributed by atoms with Crippen LogP contribution in [0.3, 0.4) is 0 Å². The van der Waals surface area contributed by atoms with Crippen LogP contribution in [-0.4, -0.2) is 84.3 Å². The van der Waals surface area contributed by atoms with E-state index in [1.165, 1.54) is 11.1 Å². The summed E-state index contributed by atoms with van der Waals surface area (Å²) in [6, 6.07) is 26.2. The number of rotatable bonds is 8. The van der Waals surface area contributed by atoms with Gasteiger partial charge < -0.3 is 15.5 Å². The van der Waals surface area contributed by atoms with E-state index in [4.69, 9.17) is 0 Å². The molecule has 8 heteroatoms. The van der Waals surface area contributed by atoms with Gasteiger partial charge in [0, 0.05) is 45.0 Å². The second kappa shape index (κ2) is 13.1. The molecular weight excluding hydrogens is 514 g/mol. The molecule has 1 unspecified atom stereocenters. The first-order chi connectivity index (χ1) is 19.9. The van der Waals surface area contributed by atoms with Gasteiger partial charge in [-0.15, -0.1) is 0 Å². The minimum absolute atomic E-state index is 0.0749. The molecule has 0 spiro atoms. The van der Waals surface area contributed by atoms with E-state index in [0.29, 0.717) is 13.1 Å². The Hall–Kier alpha value is -4.01. The van der Waals surface area contributed by atoms with Crippen LogP contribution in [-0.2, 0) is 14.4 Å². The fourth-order valence-electron chi connectivity index (χ4n) is 5.89. The van der Waals surface area contributed by atoms with Crippen LogP contribution in [0.25, 0.3) is 0 Å². The molecule has 3 aromatic rings. The second-order valence-electron chi connectivity index (χ2n) is 11.0. The van der Waals surface area contributed by atoms with E-state index in [1.54, 1.807) is 4.90 Å². The van der Waals surface area contributed by atoms with Gasteiger partial charge in [0.15, 0.2) is 0 Å². The molecule has 0 aromatic heterocycles. The van der Waals surface area contributed by atoms with Crippen LogP contribution in [0.5, 0.6) is 0 Å². The van der Waals surface area contributed by atoms with Crippen molar-refractivity contribution >= 4 is 23.4 Å². The van der Waals surface area contributed by atoms with Crippen LogP contribution in [0.4, 0.5) is 5.69 Å². The molecule has 2 aliphatic heterocycles. The van der Waals surface area contributed by atoms with Crippen molar-refractivity contribution in [3.63, 3.8) is 0 Å². The predicted molar refractivity (Wildman–Crippen MR) is 160 cm³/mol. The topological polar surface area (TPSA) is 85.0 Å². The van der Waals surface area contributed by atoms with E-state index in [-0.39, 0.29) is 36.7 Å². The number of anilines is 1. The van der Waals surface area contributed by atoms with Gasteiger partial charge in [-0.1, -0.05) is 78.4 Å². The van der Waals surface area contributed by atoms with Gasteiger partial charge in [-0.25, -0.2) is 0 Å². The lowest BCUT2D eigenvalue weighted by Gasteiger charge is -2.41. The van der Waals surface area contributed by atoms with Crippen molar-refractivity contribution in [2.45, 2.75) is 32.4 Å². The van der Waals surface area contributed by atoms with E-state index in [1.807, 2.05) is 44.2 Å². The standard InChI is InChI=1S/C33H39N5O3/c1-24-13-14-28(25(2)21-24)35-30(39)22-29-33(41)34-15-16-38(29)31(40)23-36-17-19-37(20-18-36)32(26-9-5-3-6-10-26)27-11-7-4-8-12-27/h3-14,21,29,32H,15-20,22-23H2,1-2H3,(H,34,41)(H,35,39). The molecule has 0 aliphatic carbocycles. The van der Waals surface area contributed by atoms with E-state index < -0.39 is 6.04 Å². The summed E-state index contributed by atoms with van der Waals surface area (Å²) in [6.07, 6.45) is -0.0749. The van der Waals surface area contributed by atoms with Gasteiger partial charge in [0.05, 0.1) is 19.0 Å². The van der Waals surface area contributed by atoms with E-state index in [0.717, 1.165) is 43.0 Å². The Morgan fingerprint density at radius 1 is 0.878 bits per heavy atom. The molecule has 2 aliphatic rings. The quantitative estimate of drug-likeness (QED) is 0.447. The molecule has 3 amide bonds. The molecule has 2 heterocycles. The number of carbonyl (C=O) groups is 3. The van der Waals surface area contributed by atoms with E-state index in [9.17, 15) is 14.4 Å². The van der Waals surface area contributed by atoms with Crippen molar-refractivity contribution in [2.75, 3.05) is 51.1 Å². The molecule has 1 atom stereocenters. The Balaban J connectivity index is 1.20. The predicted octanol–water partition coefficient (Wildman–Crippen LogP) is 3.37. The minimum atomic E-state index is -0.816. The summed E-state index contributed by atoms with van der Waals surface area (Å²) in [5, 5.41) is 5.74. The summed E-state index contributed by atoms with van der Waals surface area (Å²) in [5.74, 6) is -0.669. The summed E-state index contributed by atoms with van der Waals surface area (Å²) < 4.78 is 0. The van der Waals surface area contributed by atoms with Crippen LogP contribution in [0.2, 0.25) is 0 Å². The van der Waals surface area contributed by atoms with Crippen molar-refractivity contribution in [1.29, 1.82) is 0 Å². The minimum Gasteiger partial charge on any atom is -0.353 e. The van der Waals surface area contributed by atoms with Gasteiger partial charge in [0.2, 0.25) is 17.7 Å². The zero-order valence-corrected chi connectivity index (χ0v) is 23.9. The summed E-state index contributed by atoms with van der Waals surface area (Å²) in [5.41, 5.74) is 5.30. The maximum atomic E-state index is 13.5. The monoisotopic (exact) mass is 553 g/mol. The molecule has 8 nitrogen and oxygen atoms in total. The van der Waals surface area contributed by atoms with Gasteiger partial charge in [0.1, 0.15) is 6.04 Å². The van der Waals surface area contributed by atoms with Crippen molar-refractivity contribution in [2.24, 2.45) is 0 Å². The fourth-order valence-corrected chi connectivity index (χ4v) is 5.89. The Kier molecular flexibility index (Phi) is 9.11. The highest BCUT2D eigenvalue weighted by Gasteiger charge is 2.36. The third-order valence-electron chi connectivity index (χ3n) is 8.05. The zero-order valence-electron chi connectivity index (χ0n) is 23.9. The molecular formula is C33H39N5O3. The van der Waals surface area contributed by atoms with Crippen LogP contribution >= 0.6 is 0 Å². The Morgan fingerprint density at radius 3 is 2.12 bits per heavy atom. The van der Waals surface area contributed by atoms with Gasteiger partial charge in [0.25, 0.3) is 0 Å². The number of hydrogen-bond donors (Lipinski definition) is 2. The Bertz CT molecular complexity index is 1320. The van der Waals surface area contributed by atoms with Gasteiger partial charge >= 0.3 is 0 Å². The molecule has 214 valence electrons. The van der Waals surface area contributed by atoms with Gasteiger partial charge in [-0.3, -0.25) is 24.2 Å².